The van der Waals surface area contributed by atoms with Gasteiger partial charge in [0.2, 0.25) is 0 Å². The van der Waals surface area contributed by atoms with Gasteiger partial charge in [0.1, 0.15) is 6.54 Å². The fraction of sp³-hybridized carbons (Fsp3) is 0.304. The number of amides is 2. The number of aryl methyl sites for hydroxylation is 3. The SMILES string of the molecule is Cc1ccc(N(CCC#N)C(=O)COC(=O)CNC(=O)c2ccc(C)c(C)c2)cc1. The summed E-state index contributed by atoms with van der Waals surface area (Å²) in [7, 11) is 0. The number of hydrogen-bond acceptors (Lipinski definition) is 5. The first-order valence-corrected chi connectivity index (χ1v) is 9.57. The summed E-state index contributed by atoms with van der Waals surface area (Å²) < 4.78 is 5.01. The van der Waals surface area contributed by atoms with Crippen molar-refractivity contribution >= 4 is 23.5 Å². The number of esters is 1. The molecule has 0 aromatic heterocycles. The number of nitriles is 1. The van der Waals surface area contributed by atoms with Gasteiger partial charge < -0.3 is 15.0 Å². The third kappa shape index (κ3) is 6.45. The second-order valence-electron chi connectivity index (χ2n) is 6.93. The van der Waals surface area contributed by atoms with Crippen molar-refractivity contribution in [1.82, 2.24) is 5.32 Å². The van der Waals surface area contributed by atoms with E-state index in [4.69, 9.17) is 10.00 Å². The molecule has 156 valence electrons. The molecule has 2 rings (SSSR count). The van der Waals surface area contributed by atoms with Crippen molar-refractivity contribution in [3.63, 3.8) is 0 Å². The zero-order valence-electron chi connectivity index (χ0n) is 17.4. The van der Waals surface area contributed by atoms with Gasteiger partial charge in [0, 0.05) is 17.8 Å². The standard InChI is InChI=1S/C23H25N3O4/c1-16-5-9-20(10-6-16)26(12-4-11-24)21(27)15-30-22(28)14-25-23(29)19-8-7-17(2)18(3)13-19/h5-10,13H,4,12,14-15H2,1-3H3,(H,25,29). The van der Waals surface area contributed by atoms with Crippen LogP contribution >= 0.6 is 0 Å². The Morgan fingerprint density at radius 2 is 1.73 bits per heavy atom. The van der Waals surface area contributed by atoms with Gasteiger partial charge in [-0.05, 0) is 56.2 Å². The molecular formula is C23H25N3O4. The molecule has 2 amide bonds. The first kappa shape index (κ1) is 22.6. The minimum absolute atomic E-state index is 0.152. The molecule has 0 fully saturated rings. The third-order valence-corrected chi connectivity index (χ3v) is 4.61. The van der Waals surface area contributed by atoms with Gasteiger partial charge in [0.15, 0.2) is 6.61 Å². The molecule has 0 bridgehead atoms. The highest BCUT2D eigenvalue weighted by molar-refractivity contribution is 5.97. The van der Waals surface area contributed by atoms with Gasteiger partial charge in [-0.3, -0.25) is 14.4 Å². The number of nitrogens with one attached hydrogen (secondary N) is 1. The van der Waals surface area contributed by atoms with Crippen molar-refractivity contribution in [3.05, 3.63) is 64.7 Å². The Morgan fingerprint density at radius 3 is 2.37 bits per heavy atom. The molecule has 1 N–H and O–H groups in total. The maximum atomic E-state index is 12.5. The van der Waals surface area contributed by atoms with E-state index in [-0.39, 0.29) is 19.5 Å². The third-order valence-electron chi connectivity index (χ3n) is 4.61. The van der Waals surface area contributed by atoms with Gasteiger partial charge in [-0.1, -0.05) is 23.8 Å². The summed E-state index contributed by atoms with van der Waals surface area (Å²) in [4.78, 5) is 38.1. The molecule has 0 aliphatic rings. The zero-order valence-corrected chi connectivity index (χ0v) is 17.4. The highest BCUT2D eigenvalue weighted by Crippen LogP contribution is 2.16. The number of benzene rings is 2. The van der Waals surface area contributed by atoms with E-state index in [0.29, 0.717) is 11.3 Å². The molecule has 0 atom stereocenters. The molecule has 30 heavy (non-hydrogen) atoms. The quantitative estimate of drug-likeness (QED) is 0.679. The van der Waals surface area contributed by atoms with Crippen LogP contribution < -0.4 is 10.2 Å². The van der Waals surface area contributed by atoms with Crippen LogP contribution in [0.3, 0.4) is 0 Å². The van der Waals surface area contributed by atoms with Crippen molar-refractivity contribution in [3.8, 4) is 6.07 Å². The normalized spacial score (nSPS) is 10.1. The van der Waals surface area contributed by atoms with Crippen molar-refractivity contribution in [2.24, 2.45) is 0 Å². The Hall–Kier alpha value is -3.66. The lowest BCUT2D eigenvalue weighted by molar-refractivity contribution is -0.146. The van der Waals surface area contributed by atoms with Crippen LogP contribution in [0.4, 0.5) is 5.69 Å². The van der Waals surface area contributed by atoms with Crippen LogP contribution in [-0.2, 0) is 14.3 Å². The fourth-order valence-electron chi connectivity index (χ4n) is 2.69. The van der Waals surface area contributed by atoms with Gasteiger partial charge in [0.05, 0.1) is 12.5 Å². The summed E-state index contributed by atoms with van der Waals surface area (Å²) in [5.74, 6) is -1.55. The van der Waals surface area contributed by atoms with Gasteiger partial charge in [-0.15, -0.1) is 0 Å². The lowest BCUT2D eigenvalue weighted by atomic mass is 10.1. The van der Waals surface area contributed by atoms with Crippen molar-refractivity contribution in [2.45, 2.75) is 27.2 Å². The molecule has 0 saturated carbocycles. The molecular weight excluding hydrogens is 382 g/mol. The van der Waals surface area contributed by atoms with Crippen LogP contribution in [0, 0.1) is 32.1 Å². The van der Waals surface area contributed by atoms with Gasteiger partial charge in [0.25, 0.3) is 11.8 Å². The molecule has 0 radical (unpaired) electrons. The minimum atomic E-state index is -0.718. The highest BCUT2D eigenvalue weighted by atomic mass is 16.5. The first-order chi connectivity index (χ1) is 14.3. The Kier molecular flexibility index (Phi) is 8.12. The minimum Gasteiger partial charge on any atom is -0.454 e. The van der Waals surface area contributed by atoms with Crippen LogP contribution in [0.25, 0.3) is 0 Å². The lowest BCUT2D eigenvalue weighted by Gasteiger charge is -2.21. The summed E-state index contributed by atoms with van der Waals surface area (Å²) >= 11 is 0. The van der Waals surface area contributed by atoms with Crippen LogP contribution in [0.1, 0.15) is 33.5 Å². The monoisotopic (exact) mass is 407 g/mol. The number of rotatable bonds is 8. The molecule has 2 aromatic rings. The molecule has 0 heterocycles. The van der Waals surface area contributed by atoms with Crippen molar-refractivity contribution in [1.29, 1.82) is 5.26 Å². The lowest BCUT2D eigenvalue weighted by Crippen LogP contribution is -2.37. The smallest absolute Gasteiger partial charge is 0.325 e. The van der Waals surface area contributed by atoms with Gasteiger partial charge in [-0.2, -0.15) is 5.26 Å². The second-order valence-corrected chi connectivity index (χ2v) is 6.93. The van der Waals surface area contributed by atoms with Crippen LogP contribution in [0.15, 0.2) is 42.5 Å². The Labute approximate surface area is 176 Å². The number of anilines is 1. The van der Waals surface area contributed by atoms with Gasteiger partial charge >= 0.3 is 5.97 Å². The van der Waals surface area contributed by atoms with E-state index in [1.54, 1.807) is 24.3 Å². The zero-order chi connectivity index (χ0) is 22.1. The highest BCUT2D eigenvalue weighted by Gasteiger charge is 2.18. The van der Waals surface area contributed by atoms with Crippen LogP contribution in [0.5, 0.6) is 0 Å². The Morgan fingerprint density at radius 1 is 1.03 bits per heavy atom. The summed E-state index contributed by atoms with van der Waals surface area (Å²) in [6.45, 7) is 5.15. The van der Waals surface area contributed by atoms with E-state index < -0.39 is 24.4 Å². The summed E-state index contributed by atoms with van der Waals surface area (Å²) in [5, 5.41) is 11.3. The van der Waals surface area contributed by atoms with E-state index in [2.05, 4.69) is 5.32 Å². The number of carbonyl (C=O) groups is 3. The van der Waals surface area contributed by atoms with Crippen LogP contribution in [-0.4, -0.2) is 37.5 Å². The topological polar surface area (TPSA) is 99.5 Å². The fourth-order valence-corrected chi connectivity index (χ4v) is 2.69. The number of hydrogen-bond donors (Lipinski definition) is 1. The molecule has 0 aliphatic carbocycles. The molecule has 0 unspecified atom stereocenters. The summed E-state index contributed by atoms with van der Waals surface area (Å²) in [6.07, 6.45) is 0.152. The van der Waals surface area contributed by atoms with E-state index in [1.165, 1.54) is 4.90 Å². The average molecular weight is 407 g/mol. The average Bonchev–Trinajstić information content (AvgIpc) is 2.73. The molecule has 0 spiro atoms. The first-order valence-electron chi connectivity index (χ1n) is 9.57. The second kappa shape index (κ2) is 10.8. The molecule has 2 aromatic carbocycles. The van der Waals surface area contributed by atoms with E-state index in [9.17, 15) is 14.4 Å². The van der Waals surface area contributed by atoms with Crippen LogP contribution in [0.2, 0.25) is 0 Å². The van der Waals surface area contributed by atoms with E-state index in [1.807, 2.05) is 45.0 Å². The molecule has 0 aliphatic heterocycles. The summed E-state index contributed by atoms with van der Waals surface area (Å²) in [6, 6.07) is 14.5. The molecule has 7 nitrogen and oxygen atoms in total. The predicted octanol–water partition coefficient (Wildman–Crippen LogP) is 2.83. The Bertz CT molecular complexity index is 961. The van der Waals surface area contributed by atoms with Gasteiger partial charge in [-0.25, -0.2) is 0 Å². The van der Waals surface area contributed by atoms with Crippen molar-refractivity contribution in [2.75, 3.05) is 24.6 Å². The maximum absolute atomic E-state index is 12.5. The molecule has 7 heteroatoms. The maximum Gasteiger partial charge on any atom is 0.325 e. The largest absolute Gasteiger partial charge is 0.454 e. The number of carbonyl (C=O) groups excluding carboxylic acids is 3. The van der Waals surface area contributed by atoms with Crippen molar-refractivity contribution < 1.29 is 19.1 Å². The van der Waals surface area contributed by atoms with E-state index in [0.717, 1.165) is 16.7 Å². The molecule has 0 saturated heterocycles. The predicted molar refractivity (Wildman–Crippen MR) is 113 cm³/mol. The summed E-state index contributed by atoms with van der Waals surface area (Å²) in [5.41, 5.74) is 4.16. The number of nitrogens with zero attached hydrogens (tertiary/aromatic N) is 2. The van der Waals surface area contributed by atoms with E-state index >= 15 is 0 Å². The number of ether oxygens (including phenoxy) is 1. The Balaban J connectivity index is 1.88.